The Hall–Kier alpha value is -2.91. The molecule has 0 aliphatic carbocycles. The van der Waals surface area contributed by atoms with Crippen molar-refractivity contribution < 1.29 is 0 Å². The fourth-order valence-corrected chi connectivity index (χ4v) is 3.62. The first-order chi connectivity index (χ1) is 12.3. The van der Waals surface area contributed by atoms with Gasteiger partial charge in [0.15, 0.2) is 0 Å². The van der Waals surface area contributed by atoms with Gasteiger partial charge in [-0.15, -0.1) is 0 Å². The molecule has 0 fully saturated rings. The van der Waals surface area contributed by atoms with Crippen LogP contribution >= 0.6 is 11.6 Å². The normalized spacial score (nSPS) is 13.1. The molecule has 3 heterocycles. The van der Waals surface area contributed by atoms with E-state index in [9.17, 15) is 0 Å². The predicted octanol–water partition coefficient (Wildman–Crippen LogP) is 5.03. The second kappa shape index (κ2) is 5.57. The van der Waals surface area contributed by atoms with Crippen molar-refractivity contribution in [2.75, 3.05) is 0 Å². The molecule has 4 aromatic rings. The van der Waals surface area contributed by atoms with Crippen molar-refractivity contribution in [1.82, 2.24) is 9.55 Å². The fraction of sp³-hybridized carbons (Fsp3) is 0.0476. The number of pyridine rings is 1. The van der Waals surface area contributed by atoms with Gasteiger partial charge in [0, 0.05) is 33.9 Å². The van der Waals surface area contributed by atoms with Crippen molar-refractivity contribution in [3.63, 3.8) is 0 Å². The van der Waals surface area contributed by atoms with Gasteiger partial charge in [-0.25, -0.2) is 0 Å². The maximum Gasteiger partial charge on any atom is 0.0906 e. The van der Waals surface area contributed by atoms with E-state index in [2.05, 4.69) is 40.0 Å². The molecule has 0 unspecified atom stereocenters. The number of hydrogen-bond acceptors (Lipinski definition) is 2. The highest BCUT2D eigenvalue weighted by Crippen LogP contribution is 2.30. The summed E-state index contributed by atoms with van der Waals surface area (Å²) in [4.78, 5) is 9.48. The molecule has 0 amide bonds. The molecule has 0 N–H and O–H groups in total. The van der Waals surface area contributed by atoms with E-state index in [1.165, 1.54) is 0 Å². The van der Waals surface area contributed by atoms with Gasteiger partial charge in [-0.3, -0.25) is 9.98 Å². The third-order valence-corrected chi connectivity index (χ3v) is 4.96. The van der Waals surface area contributed by atoms with Crippen LogP contribution in [0.3, 0.4) is 0 Å². The average molecular weight is 344 g/mol. The molecule has 0 radical (unpaired) electrons. The Labute approximate surface area is 150 Å². The van der Waals surface area contributed by atoms with E-state index in [1.54, 1.807) is 0 Å². The Balaban J connectivity index is 1.73. The van der Waals surface area contributed by atoms with E-state index in [0.717, 1.165) is 44.1 Å². The summed E-state index contributed by atoms with van der Waals surface area (Å²) in [5.74, 6) is 0. The highest BCUT2D eigenvalue weighted by molar-refractivity contribution is 6.31. The van der Waals surface area contributed by atoms with Crippen LogP contribution in [0.2, 0.25) is 5.02 Å². The lowest BCUT2D eigenvalue weighted by Gasteiger charge is -2.11. The van der Waals surface area contributed by atoms with Gasteiger partial charge in [0.2, 0.25) is 0 Å². The molecule has 120 valence electrons. The van der Waals surface area contributed by atoms with Crippen LogP contribution in [0.5, 0.6) is 0 Å². The van der Waals surface area contributed by atoms with E-state index in [-0.39, 0.29) is 0 Å². The maximum atomic E-state index is 6.43. The first-order valence-corrected chi connectivity index (χ1v) is 8.54. The zero-order valence-corrected chi connectivity index (χ0v) is 14.1. The maximum absolute atomic E-state index is 6.43. The largest absolute Gasteiger partial charge is 0.315 e. The lowest BCUT2D eigenvalue weighted by atomic mass is 10.1. The summed E-state index contributed by atoms with van der Waals surface area (Å²) in [5, 5.41) is 1.86. The van der Waals surface area contributed by atoms with Crippen LogP contribution < -0.4 is 0 Å². The van der Waals surface area contributed by atoms with Crippen LogP contribution in [0.1, 0.15) is 16.8 Å². The van der Waals surface area contributed by atoms with E-state index in [4.69, 9.17) is 16.6 Å². The SMILES string of the molecule is Clc1cccc2c1CN=C(c1cnc3ccccc3c1)c1cccn1-2. The summed E-state index contributed by atoms with van der Waals surface area (Å²) in [7, 11) is 0. The Morgan fingerprint density at radius 3 is 2.84 bits per heavy atom. The first-order valence-electron chi connectivity index (χ1n) is 8.16. The number of aliphatic imine (C=N–C) groups is 1. The molecular weight excluding hydrogens is 330 g/mol. The van der Waals surface area contributed by atoms with Crippen molar-refractivity contribution in [2.24, 2.45) is 4.99 Å². The van der Waals surface area contributed by atoms with Crippen LogP contribution in [0.15, 0.2) is 78.0 Å². The van der Waals surface area contributed by atoms with Crippen molar-refractivity contribution in [2.45, 2.75) is 6.54 Å². The number of benzene rings is 2. The van der Waals surface area contributed by atoms with Crippen LogP contribution in [-0.4, -0.2) is 15.3 Å². The molecule has 2 aromatic carbocycles. The lowest BCUT2D eigenvalue weighted by molar-refractivity contribution is 1.02. The van der Waals surface area contributed by atoms with Crippen LogP contribution in [0.25, 0.3) is 16.6 Å². The summed E-state index contributed by atoms with van der Waals surface area (Å²) >= 11 is 6.43. The fourth-order valence-electron chi connectivity index (χ4n) is 3.39. The number of rotatable bonds is 1. The molecule has 1 aliphatic heterocycles. The van der Waals surface area contributed by atoms with Gasteiger partial charge in [0.25, 0.3) is 0 Å². The molecule has 1 aliphatic rings. The van der Waals surface area contributed by atoms with Crippen molar-refractivity contribution >= 4 is 28.2 Å². The Morgan fingerprint density at radius 1 is 0.960 bits per heavy atom. The Morgan fingerprint density at radius 2 is 1.88 bits per heavy atom. The minimum atomic E-state index is 0.554. The summed E-state index contributed by atoms with van der Waals surface area (Å²) in [5.41, 5.74) is 6.13. The third-order valence-electron chi connectivity index (χ3n) is 4.60. The zero-order valence-electron chi connectivity index (χ0n) is 13.4. The summed E-state index contributed by atoms with van der Waals surface area (Å²) in [6.45, 7) is 0.554. The molecule has 25 heavy (non-hydrogen) atoms. The molecule has 3 nitrogen and oxygen atoms in total. The number of aromatic nitrogens is 2. The van der Waals surface area contributed by atoms with Crippen molar-refractivity contribution in [1.29, 1.82) is 0 Å². The van der Waals surface area contributed by atoms with Gasteiger partial charge < -0.3 is 4.57 Å². The lowest BCUT2D eigenvalue weighted by Crippen LogP contribution is -2.08. The number of halogens is 1. The summed E-state index contributed by atoms with van der Waals surface area (Å²) in [6, 6.07) is 20.4. The minimum Gasteiger partial charge on any atom is -0.315 e. The minimum absolute atomic E-state index is 0.554. The van der Waals surface area contributed by atoms with E-state index in [0.29, 0.717) is 6.54 Å². The van der Waals surface area contributed by atoms with Gasteiger partial charge in [0.1, 0.15) is 0 Å². The highest BCUT2D eigenvalue weighted by Gasteiger charge is 2.19. The molecule has 0 saturated heterocycles. The van der Waals surface area contributed by atoms with Gasteiger partial charge in [-0.1, -0.05) is 35.9 Å². The monoisotopic (exact) mass is 343 g/mol. The third kappa shape index (κ3) is 2.28. The molecular formula is C21H14ClN3. The van der Waals surface area contributed by atoms with Crippen LogP contribution in [0.4, 0.5) is 0 Å². The standard InChI is InChI=1S/C21H14ClN3/c22-17-6-3-8-19-16(17)13-24-21(20-9-4-10-25(19)20)15-11-14-5-1-2-7-18(14)23-12-15/h1-12H,13H2. The highest BCUT2D eigenvalue weighted by atomic mass is 35.5. The van der Waals surface area contributed by atoms with E-state index < -0.39 is 0 Å². The Kier molecular flexibility index (Phi) is 3.22. The number of fused-ring (bicyclic) bond motifs is 4. The summed E-state index contributed by atoms with van der Waals surface area (Å²) in [6.07, 6.45) is 3.95. The predicted molar refractivity (Wildman–Crippen MR) is 102 cm³/mol. The molecule has 0 spiro atoms. The van der Waals surface area contributed by atoms with E-state index >= 15 is 0 Å². The van der Waals surface area contributed by atoms with Gasteiger partial charge in [-0.2, -0.15) is 0 Å². The average Bonchev–Trinajstić information content (AvgIpc) is 3.06. The topological polar surface area (TPSA) is 30.2 Å². The zero-order chi connectivity index (χ0) is 16.8. The van der Waals surface area contributed by atoms with Crippen LogP contribution in [0, 0.1) is 0 Å². The van der Waals surface area contributed by atoms with E-state index in [1.807, 2.05) is 42.6 Å². The van der Waals surface area contributed by atoms with Crippen LogP contribution in [-0.2, 0) is 6.54 Å². The quantitative estimate of drug-likeness (QED) is 0.476. The van der Waals surface area contributed by atoms with Crippen molar-refractivity contribution in [3.8, 4) is 5.69 Å². The molecule has 0 atom stereocenters. The smallest absolute Gasteiger partial charge is 0.0906 e. The molecule has 0 saturated carbocycles. The van der Waals surface area contributed by atoms with Gasteiger partial charge in [-0.05, 0) is 36.4 Å². The van der Waals surface area contributed by atoms with Crippen molar-refractivity contribution in [3.05, 3.63) is 94.9 Å². The second-order valence-electron chi connectivity index (χ2n) is 6.08. The molecule has 5 rings (SSSR count). The Bertz CT molecular complexity index is 1140. The second-order valence-corrected chi connectivity index (χ2v) is 6.49. The van der Waals surface area contributed by atoms with Gasteiger partial charge >= 0.3 is 0 Å². The number of hydrogen-bond donors (Lipinski definition) is 0. The summed E-state index contributed by atoms with van der Waals surface area (Å²) < 4.78 is 2.15. The first kappa shape index (κ1) is 14.4. The molecule has 2 aromatic heterocycles. The molecule has 4 heteroatoms. The molecule has 0 bridgehead atoms. The number of para-hydroxylation sites is 1. The van der Waals surface area contributed by atoms with Gasteiger partial charge in [0.05, 0.1) is 29.2 Å². The number of nitrogens with zero attached hydrogens (tertiary/aromatic N) is 3.